The van der Waals surface area contributed by atoms with Crippen molar-refractivity contribution in [2.75, 3.05) is 18.4 Å². The zero-order chi connectivity index (χ0) is 23.6. The lowest BCUT2D eigenvalue weighted by molar-refractivity contribution is -0.185. The summed E-state index contributed by atoms with van der Waals surface area (Å²) in [5.74, 6) is -0.628. The minimum Gasteiger partial charge on any atom is -0.446 e. The largest absolute Gasteiger partial charge is 0.446 e. The molecule has 3 aromatic rings. The minimum atomic E-state index is -4.53. The van der Waals surface area contributed by atoms with E-state index in [9.17, 15) is 22.8 Å². The van der Waals surface area contributed by atoms with Crippen LogP contribution in [0.4, 0.5) is 23.8 Å². The lowest BCUT2D eigenvalue weighted by Gasteiger charge is -2.58. The number of nitrogens with one attached hydrogen (secondary N) is 1. The second kappa shape index (κ2) is 7.20. The molecule has 33 heavy (non-hydrogen) atoms. The number of halogens is 3. The molecule has 1 aliphatic carbocycles. The number of hydrogen-bond donors (Lipinski definition) is 1. The normalized spacial score (nSPS) is 18.3. The topological polar surface area (TPSA) is 102 Å². The van der Waals surface area contributed by atoms with Crippen LogP contribution in [0.3, 0.4) is 0 Å². The van der Waals surface area contributed by atoms with Gasteiger partial charge in [0.15, 0.2) is 11.6 Å². The number of rotatable bonds is 4. The molecule has 3 aromatic heterocycles. The highest BCUT2D eigenvalue weighted by atomic mass is 32.1. The highest BCUT2D eigenvalue weighted by molar-refractivity contribution is 7.15. The highest BCUT2D eigenvalue weighted by Gasteiger charge is 2.55. The number of fused-ring (bicyclic) bond motifs is 1. The number of aromatic nitrogens is 3. The molecule has 2 aliphatic rings. The van der Waals surface area contributed by atoms with Crippen molar-refractivity contribution in [2.45, 2.75) is 44.4 Å². The Bertz CT molecular complexity index is 1220. The molecule has 0 bridgehead atoms. The van der Waals surface area contributed by atoms with Gasteiger partial charge in [0.25, 0.3) is 5.91 Å². The Balaban J connectivity index is 1.10. The Morgan fingerprint density at radius 2 is 2.03 bits per heavy atom. The van der Waals surface area contributed by atoms with Gasteiger partial charge < -0.3 is 14.2 Å². The number of amides is 2. The van der Waals surface area contributed by atoms with Crippen LogP contribution in [0.1, 0.15) is 42.8 Å². The Morgan fingerprint density at radius 3 is 2.73 bits per heavy atom. The van der Waals surface area contributed by atoms with E-state index < -0.39 is 23.4 Å². The standard InChI is InChI=1S/C20H20F3N5O4S/c1-18(2,20(21,22)23)13-5-14(26-32-13)25-17(30)31-11-6-19(7-11)9-27(10-19)15(29)12-8-24-28-3-4-33-16(12)28/h3-5,8,11H,6-7,9-10H2,1-2H3,(H,25,26,30). The average molecular weight is 483 g/mol. The maximum absolute atomic E-state index is 13.1. The van der Waals surface area contributed by atoms with Gasteiger partial charge in [-0.3, -0.25) is 10.1 Å². The Labute approximate surface area is 189 Å². The molecule has 0 radical (unpaired) electrons. The van der Waals surface area contributed by atoms with E-state index in [0.717, 1.165) is 24.7 Å². The molecule has 1 spiro atoms. The summed E-state index contributed by atoms with van der Waals surface area (Å²) in [7, 11) is 0. The van der Waals surface area contributed by atoms with Gasteiger partial charge in [-0.05, 0) is 26.7 Å². The second-order valence-electron chi connectivity index (χ2n) is 9.13. The summed E-state index contributed by atoms with van der Waals surface area (Å²) in [5.41, 5.74) is -1.74. The number of likely N-dealkylation sites (tertiary alicyclic amines) is 1. The summed E-state index contributed by atoms with van der Waals surface area (Å²) in [4.78, 5) is 27.4. The van der Waals surface area contributed by atoms with Crippen LogP contribution in [0.25, 0.3) is 4.83 Å². The molecule has 13 heteroatoms. The third-order valence-corrected chi connectivity index (χ3v) is 7.25. The van der Waals surface area contributed by atoms with E-state index in [1.807, 2.05) is 5.38 Å². The molecule has 1 N–H and O–H groups in total. The summed E-state index contributed by atoms with van der Waals surface area (Å²) < 4.78 is 51.1. The van der Waals surface area contributed by atoms with Gasteiger partial charge in [-0.15, -0.1) is 11.3 Å². The van der Waals surface area contributed by atoms with E-state index in [1.165, 1.54) is 11.3 Å². The molecular formula is C20H20F3N5O4S. The lowest BCUT2D eigenvalue weighted by Crippen LogP contribution is -2.65. The Kier molecular flexibility index (Phi) is 4.75. The van der Waals surface area contributed by atoms with Gasteiger partial charge in [-0.25, -0.2) is 9.31 Å². The molecule has 0 atom stereocenters. The second-order valence-corrected chi connectivity index (χ2v) is 10.0. The molecule has 0 aromatic carbocycles. The first-order valence-corrected chi connectivity index (χ1v) is 11.1. The van der Waals surface area contributed by atoms with Crippen LogP contribution in [-0.4, -0.2) is 57.0 Å². The number of alkyl halides is 3. The zero-order valence-electron chi connectivity index (χ0n) is 17.7. The first kappa shape index (κ1) is 21.7. The Morgan fingerprint density at radius 1 is 1.30 bits per heavy atom. The lowest BCUT2D eigenvalue weighted by atomic mass is 9.61. The molecule has 1 saturated heterocycles. The predicted octanol–water partition coefficient (Wildman–Crippen LogP) is 4.08. The van der Waals surface area contributed by atoms with Crippen molar-refractivity contribution >= 4 is 34.0 Å². The number of ether oxygens (including phenoxy) is 1. The first-order valence-electron chi connectivity index (χ1n) is 10.2. The van der Waals surface area contributed by atoms with Crippen LogP contribution in [0.2, 0.25) is 0 Å². The molecule has 1 saturated carbocycles. The van der Waals surface area contributed by atoms with E-state index >= 15 is 0 Å². The van der Waals surface area contributed by atoms with Crippen LogP contribution >= 0.6 is 11.3 Å². The van der Waals surface area contributed by atoms with Crippen LogP contribution in [-0.2, 0) is 10.2 Å². The monoisotopic (exact) mass is 483 g/mol. The van der Waals surface area contributed by atoms with Crippen LogP contribution in [0.15, 0.2) is 28.4 Å². The molecule has 2 amide bonds. The van der Waals surface area contributed by atoms with E-state index in [0.29, 0.717) is 31.5 Å². The number of anilines is 1. The SMILES string of the molecule is CC(C)(c1cc(NC(=O)OC2CC3(C2)CN(C(=O)c2cnn4ccsc24)C3)no1)C(F)(F)F. The van der Waals surface area contributed by atoms with Crippen molar-refractivity contribution in [2.24, 2.45) is 5.41 Å². The summed E-state index contributed by atoms with van der Waals surface area (Å²) in [6, 6.07) is 1.04. The molecule has 176 valence electrons. The van der Waals surface area contributed by atoms with Crippen molar-refractivity contribution in [3.63, 3.8) is 0 Å². The van der Waals surface area contributed by atoms with Gasteiger partial charge in [-0.2, -0.15) is 18.3 Å². The minimum absolute atomic E-state index is 0.0659. The average Bonchev–Trinajstić information content (AvgIpc) is 3.37. The van der Waals surface area contributed by atoms with Crippen molar-refractivity contribution in [1.82, 2.24) is 19.7 Å². The molecule has 1 aliphatic heterocycles. The van der Waals surface area contributed by atoms with Gasteiger partial charge in [0.05, 0.1) is 11.8 Å². The zero-order valence-corrected chi connectivity index (χ0v) is 18.5. The van der Waals surface area contributed by atoms with Crippen molar-refractivity contribution in [3.05, 3.63) is 35.2 Å². The van der Waals surface area contributed by atoms with Gasteiger partial charge >= 0.3 is 12.3 Å². The molecule has 0 unspecified atom stereocenters. The van der Waals surface area contributed by atoms with Crippen molar-refractivity contribution < 1.29 is 32.0 Å². The van der Waals surface area contributed by atoms with Gasteiger partial charge in [0, 0.05) is 36.1 Å². The van der Waals surface area contributed by atoms with Crippen molar-refractivity contribution in [1.29, 1.82) is 0 Å². The maximum atomic E-state index is 13.1. The van der Waals surface area contributed by atoms with E-state index in [1.54, 1.807) is 21.8 Å². The molecule has 2 fully saturated rings. The van der Waals surface area contributed by atoms with Crippen LogP contribution in [0.5, 0.6) is 0 Å². The fraction of sp³-hybridized carbons (Fsp3) is 0.500. The smallest absolute Gasteiger partial charge is 0.413 e. The third kappa shape index (κ3) is 3.63. The number of carbonyl (C=O) groups is 2. The van der Waals surface area contributed by atoms with Gasteiger partial charge in [-0.1, -0.05) is 5.16 Å². The summed E-state index contributed by atoms with van der Waals surface area (Å²) in [6.45, 7) is 3.09. The molecular weight excluding hydrogens is 463 g/mol. The quantitative estimate of drug-likeness (QED) is 0.600. The Hall–Kier alpha value is -3.09. The van der Waals surface area contributed by atoms with Crippen molar-refractivity contribution in [3.8, 4) is 0 Å². The first-order chi connectivity index (χ1) is 15.5. The molecule has 9 nitrogen and oxygen atoms in total. The van der Waals surface area contributed by atoms with E-state index in [4.69, 9.17) is 9.26 Å². The molecule has 5 rings (SSSR count). The molecule has 4 heterocycles. The number of carbonyl (C=O) groups excluding carboxylic acids is 2. The third-order valence-electron chi connectivity index (χ3n) is 6.36. The van der Waals surface area contributed by atoms with E-state index in [-0.39, 0.29) is 23.2 Å². The summed E-state index contributed by atoms with van der Waals surface area (Å²) >= 11 is 1.45. The number of hydrogen-bond acceptors (Lipinski definition) is 7. The van der Waals surface area contributed by atoms with Crippen LogP contribution in [0, 0.1) is 5.41 Å². The predicted molar refractivity (Wildman–Crippen MR) is 110 cm³/mol. The number of nitrogens with zero attached hydrogens (tertiary/aromatic N) is 4. The van der Waals surface area contributed by atoms with Gasteiger partial charge in [0.1, 0.15) is 16.3 Å². The maximum Gasteiger partial charge on any atom is 0.413 e. The summed E-state index contributed by atoms with van der Waals surface area (Å²) in [5, 5.41) is 11.8. The number of thiazole rings is 1. The highest BCUT2D eigenvalue weighted by Crippen LogP contribution is 2.50. The fourth-order valence-corrected chi connectivity index (χ4v) is 5.04. The van der Waals surface area contributed by atoms with Gasteiger partial charge in [0.2, 0.25) is 0 Å². The van der Waals surface area contributed by atoms with E-state index in [2.05, 4.69) is 15.6 Å². The van der Waals surface area contributed by atoms with Crippen LogP contribution < -0.4 is 5.32 Å². The fourth-order valence-electron chi connectivity index (χ4n) is 4.25. The summed E-state index contributed by atoms with van der Waals surface area (Å²) in [6.07, 6.45) is -1.09.